The molecule has 4 nitrogen and oxygen atoms in total. The number of ether oxygens (including phenoxy) is 1. The van der Waals surface area contributed by atoms with Gasteiger partial charge in [0.2, 0.25) is 5.78 Å². The maximum absolute atomic E-state index is 11.7. The second-order valence-corrected chi connectivity index (χ2v) is 2.35. The number of nitriles is 1. The Morgan fingerprint density at radius 3 is 2.33 bits per heavy atom. The lowest BCUT2D eigenvalue weighted by atomic mass is 10.2. The van der Waals surface area contributed by atoms with Gasteiger partial charge in [-0.3, -0.25) is 4.79 Å². The highest BCUT2D eigenvalue weighted by Crippen LogP contribution is 2.18. The van der Waals surface area contributed by atoms with E-state index in [0.29, 0.717) is 6.08 Å². The number of methoxy groups -OCH3 is 1. The number of carbonyl (C=O) groups excluding carboxylic acids is 2. The summed E-state index contributed by atoms with van der Waals surface area (Å²) >= 11 is 0. The van der Waals surface area contributed by atoms with E-state index in [1.807, 2.05) is 0 Å². The highest BCUT2D eigenvalue weighted by Gasteiger charge is 2.37. The van der Waals surface area contributed by atoms with Crippen LogP contribution in [-0.4, -0.2) is 25.0 Å². The summed E-state index contributed by atoms with van der Waals surface area (Å²) in [6.45, 7) is 0. The van der Waals surface area contributed by atoms with Gasteiger partial charge in [0.1, 0.15) is 11.6 Å². The van der Waals surface area contributed by atoms with Crippen molar-refractivity contribution in [3.05, 3.63) is 11.6 Å². The SMILES string of the molecule is COC(=O)C(C#N)=CCC(=O)C(F)(F)F. The summed E-state index contributed by atoms with van der Waals surface area (Å²) in [4.78, 5) is 21.1. The number of nitrogens with zero attached hydrogens (tertiary/aromatic N) is 1. The molecule has 0 bridgehead atoms. The fourth-order valence-electron chi connectivity index (χ4n) is 0.595. The van der Waals surface area contributed by atoms with Crippen LogP contribution in [0.4, 0.5) is 13.2 Å². The molecule has 0 atom stereocenters. The van der Waals surface area contributed by atoms with Crippen molar-refractivity contribution in [1.82, 2.24) is 0 Å². The van der Waals surface area contributed by atoms with Gasteiger partial charge >= 0.3 is 12.1 Å². The van der Waals surface area contributed by atoms with Gasteiger partial charge in [-0.25, -0.2) is 4.79 Å². The lowest BCUT2D eigenvalue weighted by Gasteiger charge is -2.01. The molecule has 0 saturated heterocycles. The summed E-state index contributed by atoms with van der Waals surface area (Å²) in [7, 11) is 0.971. The summed E-state index contributed by atoms with van der Waals surface area (Å²) in [5.41, 5.74) is -0.630. The molecular weight excluding hydrogens is 215 g/mol. The Morgan fingerprint density at radius 2 is 2.00 bits per heavy atom. The average Bonchev–Trinajstić information content (AvgIpc) is 2.16. The summed E-state index contributed by atoms with van der Waals surface area (Å²) < 4.78 is 39.2. The third-order valence-electron chi connectivity index (χ3n) is 1.33. The largest absolute Gasteiger partial charge is 0.465 e. The molecule has 82 valence electrons. The number of hydrogen-bond donors (Lipinski definition) is 0. The predicted octanol–water partition coefficient (Wildman–Crippen LogP) is 1.13. The van der Waals surface area contributed by atoms with Crippen LogP contribution in [0.3, 0.4) is 0 Å². The molecule has 0 aromatic rings. The van der Waals surface area contributed by atoms with Crippen LogP contribution in [0.15, 0.2) is 11.6 Å². The highest BCUT2D eigenvalue weighted by atomic mass is 19.4. The third-order valence-corrected chi connectivity index (χ3v) is 1.33. The molecule has 0 spiro atoms. The number of Topliss-reactive ketones (excluding diaryl/α,β-unsaturated/α-hetero) is 1. The second kappa shape index (κ2) is 5.14. The van der Waals surface area contributed by atoms with Gasteiger partial charge in [-0.1, -0.05) is 6.08 Å². The zero-order valence-corrected chi connectivity index (χ0v) is 7.59. The van der Waals surface area contributed by atoms with Gasteiger partial charge in [0.05, 0.1) is 7.11 Å². The van der Waals surface area contributed by atoms with E-state index in [9.17, 15) is 22.8 Å². The van der Waals surface area contributed by atoms with Gasteiger partial charge in [0.15, 0.2) is 0 Å². The Balaban J connectivity index is 4.59. The minimum atomic E-state index is -4.97. The van der Waals surface area contributed by atoms with Crippen LogP contribution >= 0.6 is 0 Å². The van der Waals surface area contributed by atoms with E-state index in [4.69, 9.17) is 5.26 Å². The molecule has 0 aliphatic heterocycles. The highest BCUT2D eigenvalue weighted by molar-refractivity contribution is 5.94. The summed E-state index contributed by atoms with van der Waals surface area (Å²) in [5.74, 6) is -3.10. The van der Waals surface area contributed by atoms with E-state index in [-0.39, 0.29) is 0 Å². The molecule has 0 heterocycles. The molecule has 0 aromatic heterocycles. The first kappa shape index (κ1) is 13.2. The number of hydrogen-bond acceptors (Lipinski definition) is 4. The Morgan fingerprint density at radius 1 is 1.47 bits per heavy atom. The van der Waals surface area contributed by atoms with Crippen LogP contribution in [0.2, 0.25) is 0 Å². The van der Waals surface area contributed by atoms with E-state index in [1.165, 1.54) is 6.07 Å². The molecule has 0 amide bonds. The van der Waals surface area contributed by atoms with Crippen molar-refractivity contribution in [3.8, 4) is 6.07 Å². The maximum atomic E-state index is 11.7. The van der Waals surface area contributed by atoms with Crippen molar-refractivity contribution in [2.45, 2.75) is 12.6 Å². The zero-order valence-electron chi connectivity index (χ0n) is 7.59. The van der Waals surface area contributed by atoms with Crippen LogP contribution in [0, 0.1) is 11.3 Å². The average molecular weight is 221 g/mol. The Hall–Kier alpha value is -1.84. The number of halogens is 3. The van der Waals surface area contributed by atoms with Crippen molar-refractivity contribution in [2.24, 2.45) is 0 Å². The number of ketones is 1. The van der Waals surface area contributed by atoms with Gasteiger partial charge in [-0.2, -0.15) is 18.4 Å². The standard InChI is InChI=1S/C8H6F3NO3/c1-15-7(14)5(4-12)2-3-6(13)8(9,10)11/h2H,3H2,1H3. The normalized spacial score (nSPS) is 11.8. The number of esters is 1. The first-order valence-electron chi connectivity index (χ1n) is 3.61. The molecular formula is C8H6F3NO3. The van der Waals surface area contributed by atoms with Gasteiger partial charge in [-0.15, -0.1) is 0 Å². The molecule has 0 rings (SSSR count). The Labute approximate surface area is 82.9 Å². The first-order valence-corrected chi connectivity index (χ1v) is 3.61. The lowest BCUT2D eigenvalue weighted by Crippen LogP contribution is -2.21. The fourth-order valence-corrected chi connectivity index (χ4v) is 0.595. The van der Waals surface area contributed by atoms with Gasteiger partial charge in [-0.05, 0) is 0 Å². The minimum absolute atomic E-state index is 0.585. The van der Waals surface area contributed by atoms with E-state index < -0.39 is 29.9 Å². The maximum Gasteiger partial charge on any atom is 0.450 e. The van der Waals surface area contributed by atoms with E-state index in [2.05, 4.69) is 4.74 Å². The fraction of sp³-hybridized carbons (Fsp3) is 0.375. The smallest absolute Gasteiger partial charge is 0.450 e. The lowest BCUT2D eigenvalue weighted by molar-refractivity contribution is -0.170. The first-order chi connectivity index (χ1) is 6.82. The van der Waals surface area contributed by atoms with Crippen molar-refractivity contribution in [2.75, 3.05) is 7.11 Å². The minimum Gasteiger partial charge on any atom is -0.465 e. The van der Waals surface area contributed by atoms with Crippen LogP contribution in [0.5, 0.6) is 0 Å². The molecule has 0 aliphatic carbocycles. The van der Waals surface area contributed by atoms with Crippen molar-refractivity contribution in [3.63, 3.8) is 0 Å². The van der Waals surface area contributed by atoms with Crippen LogP contribution in [-0.2, 0) is 14.3 Å². The topological polar surface area (TPSA) is 67.2 Å². The van der Waals surface area contributed by atoms with Crippen LogP contribution in [0.1, 0.15) is 6.42 Å². The number of allylic oxidation sites excluding steroid dienone is 1. The van der Waals surface area contributed by atoms with Crippen LogP contribution in [0.25, 0.3) is 0 Å². The molecule has 0 saturated carbocycles. The van der Waals surface area contributed by atoms with Crippen molar-refractivity contribution >= 4 is 11.8 Å². The van der Waals surface area contributed by atoms with Crippen molar-refractivity contribution in [1.29, 1.82) is 5.26 Å². The Kier molecular flexibility index (Phi) is 4.51. The molecule has 0 radical (unpaired) electrons. The molecule has 0 unspecified atom stereocenters. The predicted molar refractivity (Wildman–Crippen MR) is 41.4 cm³/mol. The number of alkyl halides is 3. The molecule has 15 heavy (non-hydrogen) atoms. The van der Waals surface area contributed by atoms with E-state index in [0.717, 1.165) is 7.11 Å². The Bertz CT molecular complexity index is 338. The molecule has 0 fully saturated rings. The van der Waals surface area contributed by atoms with Crippen LogP contribution < -0.4 is 0 Å². The molecule has 0 aliphatic rings. The number of carbonyl (C=O) groups is 2. The molecule has 7 heteroatoms. The van der Waals surface area contributed by atoms with Gasteiger partial charge < -0.3 is 4.74 Å². The van der Waals surface area contributed by atoms with Crippen molar-refractivity contribution < 1.29 is 27.5 Å². The summed E-state index contributed by atoms with van der Waals surface area (Å²) in [6, 6.07) is 1.33. The summed E-state index contributed by atoms with van der Waals surface area (Å²) in [5, 5.41) is 8.33. The molecule has 0 aromatic carbocycles. The summed E-state index contributed by atoms with van der Waals surface area (Å²) in [6.07, 6.45) is -5.43. The van der Waals surface area contributed by atoms with Gasteiger partial charge in [0.25, 0.3) is 0 Å². The second-order valence-electron chi connectivity index (χ2n) is 2.35. The molecule has 0 N–H and O–H groups in total. The third kappa shape index (κ3) is 4.26. The van der Waals surface area contributed by atoms with E-state index in [1.54, 1.807) is 0 Å². The van der Waals surface area contributed by atoms with Gasteiger partial charge in [0, 0.05) is 6.42 Å². The quantitative estimate of drug-likeness (QED) is 0.407. The number of rotatable bonds is 3. The monoisotopic (exact) mass is 221 g/mol. The zero-order chi connectivity index (χ0) is 12.1. The van der Waals surface area contributed by atoms with E-state index >= 15 is 0 Å².